The summed E-state index contributed by atoms with van der Waals surface area (Å²) in [4.78, 5) is 18.6. The Morgan fingerprint density at radius 3 is 2.96 bits per heavy atom. The van der Waals surface area contributed by atoms with E-state index in [0.29, 0.717) is 18.3 Å². The van der Waals surface area contributed by atoms with Gasteiger partial charge in [-0.3, -0.25) is 4.90 Å². The number of aromatic amines is 1. The van der Waals surface area contributed by atoms with Gasteiger partial charge in [0, 0.05) is 35.7 Å². The molecule has 1 aliphatic carbocycles. The van der Waals surface area contributed by atoms with Crippen molar-refractivity contribution < 1.29 is 33.5 Å². The van der Waals surface area contributed by atoms with Crippen LogP contribution in [0, 0.1) is 11.8 Å². The average molecular weight is 360 g/mol. The molecule has 138 valence electrons. The molecular formula is C21H25LiN2O3. The Balaban J connectivity index is 0.00000180. The van der Waals surface area contributed by atoms with Gasteiger partial charge in [-0.2, -0.15) is 0 Å². The fraction of sp³-hybridized carbons (Fsp3) is 0.571. The second-order valence-electron chi connectivity index (χ2n) is 8.31. The van der Waals surface area contributed by atoms with Gasteiger partial charge < -0.3 is 19.6 Å². The SMILES string of the molecule is CC[C@H]1C[C@@H]2CN3CCc4c([nH]c5ccc(OC)cc45)[C@](C(=O)[O-])(C2)C13.[Li+]. The minimum atomic E-state index is -0.917. The fourth-order valence-corrected chi connectivity index (χ4v) is 6.24. The normalized spacial score (nSPS) is 33.9. The zero-order valence-corrected chi connectivity index (χ0v) is 16.4. The van der Waals surface area contributed by atoms with Gasteiger partial charge in [-0.05, 0) is 54.9 Å². The van der Waals surface area contributed by atoms with E-state index in [0.717, 1.165) is 60.3 Å². The van der Waals surface area contributed by atoms with Crippen molar-refractivity contribution in [1.82, 2.24) is 9.88 Å². The molecule has 0 radical (unpaired) electrons. The average Bonchev–Trinajstić information content (AvgIpc) is 2.99. The Kier molecular flexibility index (Phi) is 4.61. The molecule has 6 heteroatoms. The topological polar surface area (TPSA) is 68.4 Å². The quantitative estimate of drug-likeness (QED) is 0.702. The number of hydrogen-bond acceptors (Lipinski definition) is 4. The first-order valence-corrected chi connectivity index (χ1v) is 9.73. The van der Waals surface area contributed by atoms with E-state index in [4.69, 9.17) is 4.74 Å². The summed E-state index contributed by atoms with van der Waals surface area (Å²) in [5.74, 6) is 0.765. The van der Waals surface area contributed by atoms with Crippen molar-refractivity contribution in [3.05, 3.63) is 29.5 Å². The molecular weight excluding hydrogens is 335 g/mol. The molecule has 1 aromatic carbocycles. The zero-order chi connectivity index (χ0) is 18.1. The number of fused-ring (bicyclic) bond motifs is 4. The van der Waals surface area contributed by atoms with Crippen molar-refractivity contribution in [2.75, 3.05) is 20.2 Å². The van der Waals surface area contributed by atoms with Crippen molar-refractivity contribution in [3.63, 3.8) is 0 Å². The molecule has 27 heavy (non-hydrogen) atoms. The van der Waals surface area contributed by atoms with Crippen molar-refractivity contribution in [2.24, 2.45) is 11.8 Å². The Bertz CT molecular complexity index is 895. The number of H-pyrrole nitrogens is 1. The Hall–Kier alpha value is -1.41. The van der Waals surface area contributed by atoms with E-state index in [-0.39, 0.29) is 24.9 Å². The Labute approximate surface area is 171 Å². The molecule has 6 rings (SSSR count). The van der Waals surface area contributed by atoms with Crippen LogP contribution in [0.2, 0.25) is 0 Å². The number of carboxylic acid groups (broad SMARTS) is 1. The molecule has 4 heterocycles. The fourth-order valence-electron chi connectivity index (χ4n) is 6.24. The third-order valence-electron chi connectivity index (χ3n) is 7.18. The van der Waals surface area contributed by atoms with Crippen molar-refractivity contribution >= 4 is 16.9 Å². The Morgan fingerprint density at radius 2 is 2.26 bits per heavy atom. The number of nitrogens with one attached hydrogen (secondary N) is 1. The van der Waals surface area contributed by atoms with E-state index >= 15 is 0 Å². The summed E-state index contributed by atoms with van der Waals surface area (Å²) in [6, 6.07) is 6.01. The first kappa shape index (κ1) is 18.9. The number of aliphatic carboxylic acids is 1. The van der Waals surface area contributed by atoms with E-state index in [9.17, 15) is 9.90 Å². The van der Waals surface area contributed by atoms with Crippen LogP contribution >= 0.6 is 0 Å². The second kappa shape index (κ2) is 6.58. The number of hydrogen-bond donors (Lipinski definition) is 1. The molecule has 1 aromatic heterocycles. The number of rotatable bonds is 3. The summed E-state index contributed by atoms with van der Waals surface area (Å²) in [7, 11) is 1.67. The molecule has 2 unspecified atom stereocenters. The van der Waals surface area contributed by atoms with E-state index < -0.39 is 11.4 Å². The standard InChI is InChI=1S/C21H26N2O3.Li/c1-3-13-8-12-10-21(20(24)25)18-15(6-7-23(11-12)19(13)21)16-9-14(26-2)4-5-17(16)22-18;/h4-5,9,12-13,19,22H,3,6-8,10-11H2,1-2H3,(H,24,25);/q;+1/p-1/t12-,13-,19?,21+;/m0./s1. The summed E-state index contributed by atoms with van der Waals surface area (Å²) in [6.45, 7) is 4.14. The molecule has 1 N–H and O–H groups in total. The van der Waals surface area contributed by atoms with Gasteiger partial charge in [-0.25, -0.2) is 0 Å². The number of methoxy groups -OCH3 is 1. The maximum absolute atomic E-state index is 12.7. The van der Waals surface area contributed by atoms with Gasteiger partial charge in [0.1, 0.15) is 5.75 Å². The summed E-state index contributed by atoms with van der Waals surface area (Å²) in [5.41, 5.74) is 2.13. The zero-order valence-electron chi connectivity index (χ0n) is 16.4. The van der Waals surface area contributed by atoms with Crippen LogP contribution in [0.15, 0.2) is 18.2 Å². The number of ether oxygens (including phenoxy) is 1. The molecule has 2 saturated heterocycles. The maximum atomic E-state index is 12.7. The molecule has 4 aliphatic rings. The Morgan fingerprint density at radius 1 is 1.44 bits per heavy atom. The molecule has 0 spiro atoms. The first-order chi connectivity index (χ1) is 12.6. The van der Waals surface area contributed by atoms with Crippen LogP contribution in [0.5, 0.6) is 5.75 Å². The molecule has 1 saturated carbocycles. The maximum Gasteiger partial charge on any atom is 1.00 e. The first-order valence-electron chi connectivity index (χ1n) is 9.73. The molecule has 0 amide bonds. The van der Waals surface area contributed by atoms with Crippen LogP contribution in [0.3, 0.4) is 0 Å². The predicted octanol–water partition coefficient (Wildman–Crippen LogP) is -1.16. The predicted molar refractivity (Wildman–Crippen MR) is 97.1 cm³/mol. The second-order valence-corrected chi connectivity index (χ2v) is 8.31. The van der Waals surface area contributed by atoms with Gasteiger partial charge in [0.2, 0.25) is 0 Å². The largest absolute Gasteiger partial charge is 1.00 e. The van der Waals surface area contributed by atoms with Crippen LogP contribution in [-0.2, 0) is 16.6 Å². The van der Waals surface area contributed by atoms with Crippen LogP contribution in [0.25, 0.3) is 10.9 Å². The van der Waals surface area contributed by atoms with Gasteiger partial charge in [0.25, 0.3) is 0 Å². The molecule has 5 nitrogen and oxygen atoms in total. The number of piperidine rings is 2. The number of nitrogens with zero attached hydrogens (tertiary/aromatic N) is 1. The number of carbonyl (C=O) groups is 1. The number of aromatic nitrogens is 1. The van der Waals surface area contributed by atoms with Gasteiger partial charge in [-0.1, -0.05) is 13.3 Å². The smallest absolute Gasteiger partial charge is 0.549 e. The summed E-state index contributed by atoms with van der Waals surface area (Å²) in [6.07, 6.45) is 3.74. The number of carboxylic acids is 1. The van der Waals surface area contributed by atoms with Crippen LogP contribution in [-0.4, -0.2) is 42.1 Å². The van der Waals surface area contributed by atoms with Gasteiger partial charge in [-0.15, -0.1) is 0 Å². The van der Waals surface area contributed by atoms with Crippen LogP contribution in [0.1, 0.15) is 37.4 Å². The minimum absolute atomic E-state index is 0. The molecule has 3 fully saturated rings. The summed E-state index contributed by atoms with van der Waals surface area (Å²) < 4.78 is 5.40. The molecule has 3 aliphatic heterocycles. The van der Waals surface area contributed by atoms with Crippen molar-refractivity contribution in [1.29, 1.82) is 0 Å². The van der Waals surface area contributed by atoms with Gasteiger partial charge in [0.15, 0.2) is 0 Å². The molecule has 5 atom stereocenters. The van der Waals surface area contributed by atoms with E-state index in [1.165, 1.54) is 0 Å². The number of carbonyl (C=O) groups excluding carboxylic acids is 1. The van der Waals surface area contributed by atoms with Crippen molar-refractivity contribution in [2.45, 2.75) is 44.1 Å². The molecule has 2 aromatic rings. The van der Waals surface area contributed by atoms with Crippen LogP contribution < -0.4 is 28.7 Å². The van der Waals surface area contributed by atoms with Gasteiger partial charge in [0.05, 0.1) is 18.5 Å². The van der Waals surface area contributed by atoms with E-state index in [1.807, 2.05) is 18.2 Å². The summed E-state index contributed by atoms with van der Waals surface area (Å²) in [5, 5.41) is 13.8. The minimum Gasteiger partial charge on any atom is -0.549 e. The number of benzene rings is 1. The third kappa shape index (κ3) is 2.45. The third-order valence-corrected chi connectivity index (χ3v) is 7.18. The van der Waals surface area contributed by atoms with E-state index in [1.54, 1.807) is 7.11 Å². The molecule has 4 bridgehead atoms. The van der Waals surface area contributed by atoms with Gasteiger partial charge >= 0.3 is 18.9 Å². The van der Waals surface area contributed by atoms with Crippen LogP contribution in [0.4, 0.5) is 0 Å². The van der Waals surface area contributed by atoms with Crippen molar-refractivity contribution in [3.8, 4) is 5.75 Å². The summed E-state index contributed by atoms with van der Waals surface area (Å²) >= 11 is 0. The monoisotopic (exact) mass is 360 g/mol. The van der Waals surface area contributed by atoms with E-state index in [2.05, 4.69) is 16.8 Å².